The van der Waals surface area contributed by atoms with Gasteiger partial charge in [-0.1, -0.05) is 36.4 Å². The summed E-state index contributed by atoms with van der Waals surface area (Å²) in [6.45, 7) is 7.44. The summed E-state index contributed by atoms with van der Waals surface area (Å²) in [7, 11) is 0. The third kappa shape index (κ3) is 5.43. The van der Waals surface area contributed by atoms with Gasteiger partial charge in [0.25, 0.3) is 5.91 Å². The van der Waals surface area contributed by atoms with Gasteiger partial charge in [-0.25, -0.2) is 0 Å². The number of hydrogen-bond donors (Lipinski definition) is 2. The fourth-order valence-corrected chi connectivity index (χ4v) is 2.73. The highest BCUT2D eigenvalue weighted by molar-refractivity contribution is 5.97. The van der Waals surface area contributed by atoms with E-state index in [9.17, 15) is 9.59 Å². The van der Waals surface area contributed by atoms with Crippen LogP contribution in [0.1, 0.15) is 42.7 Å². The molecule has 0 heterocycles. The molecule has 5 nitrogen and oxygen atoms in total. The van der Waals surface area contributed by atoms with E-state index >= 15 is 0 Å². The summed E-state index contributed by atoms with van der Waals surface area (Å²) in [6.07, 6.45) is 0. The Labute approximate surface area is 155 Å². The Morgan fingerprint density at radius 2 is 1.69 bits per heavy atom. The summed E-state index contributed by atoms with van der Waals surface area (Å²) in [5, 5.41) is 6.05. The van der Waals surface area contributed by atoms with Crippen LogP contribution in [0.15, 0.2) is 54.6 Å². The number of amides is 2. The lowest BCUT2D eigenvalue weighted by Crippen LogP contribution is -2.31. The third-order valence-electron chi connectivity index (χ3n) is 4.31. The molecule has 0 aromatic heterocycles. The van der Waals surface area contributed by atoms with Crippen molar-refractivity contribution in [3.8, 4) is 0 Å². The molecule has 0 unspecified atom stereocenters. The van der Waals surface area contributed by atoms with Crippen LogP contribution >= 0.6 is 0 Å². The number of carbonyl (C=O) groups is 2. The molecule has 2 aromatic rings. The molecular weight excluding hydrogens is 326 g/mol. The van der Waals surface area contributed by atoms with Gasteiger partial charge in [0.2, 0.25) is 5.91 Å². The predicted octanol–water partition coefficient (Wildman–Crippen LogP) is 3.46. The average Bonchev–Trinajstić information content (AvgIpc) is 2.68. The largest absolute Gasteiger partial charge is 0.339 e. The van der Waals surface area contributed by atoms with Crippen LogP contribution in [0.3, 0.4) is 0 Å². The van der Waals surface area contributed by atoms with Crippen LogP contribution in [0.5, 0.6) is 0 Å². The quantitative estimate of drug-likeness (QED) is 0.764. The molecule has 2 aromatic carbocycles. The number of rotatable bonds is 8. The Kier molecular flexibility index (Phi) is 7.36. The van der Waals surface area contributed by atoms with E-state index in [1.54, 1.807) is 29.2 Å². The SMILES string of the molecule is CCN(CC)C(=O)c1cccc(NC(=O)CN[C@H](C)c2ccccc2)c1. The highest BCUT2D eigenvalue weighted by Crippen LogP contribution is 2.14. The van der Waals surface area contributed by atoms with Crippen molar-refractivity contribution >= 4 is 17.5 Å². The highest BCUT2D eigenvalue weighted by Gasteiger charge is 2.13. The minimum Gasteiger partial charge on any atom is -0.339 e. The number of carbonyl (C=O) groups excluding carboxylic acids is 2. The molecule has 0 saturated heterocycles. The molecule has 0 saturated carbocycles. The average molecular weight is 353 g/mol. The first-order chi connectivity index (χ1) is 12.5. The Balaban J connectivity index is 1.93. The molecule has 0 aliphatic carbocycles. The molecular formula is C21H27N3O2. The molecule has 1 atom stereocenters. The van der Waals surface area contributed by atoms with Crippen molar-refractivity contribution in [3.63, 3.8) is 0 Å². The molecule has 0 bridgehead atoms. The maximum Gasteiger partial charge on any atom is 0.253 e. The molecule has 0 aliphatic rings. The molecule has 138 valence electrons. The van der Waals surface area contributed by atoms with Crippen molar-refractivity contribution < 1.29 is 9.59 Å². The van der Waals surface area contributed by atoms with Crippen molar-refractivity contribution in [1.29, 1.82) is 0 Å². The second-order valence-electron chi connectivity index (χ2n) is 6.12. The van der Waals surface area contributed by atoms with Gasteiger partial charge < -0.3 is 15.5 Å². The second-order valence-corrected chi connectivity index (χ2v) is 6.12. The van der Waals surface area contributed by atoms with E-state index in [-0.39, 0.29) is 24.4 Å². The van der Waals surface area contributed by atoms with Crippen LogP contribution in [0.4, 0.5) is 5.69 Å². The summed E-state index contributed by atoms with van der Waals surface area (Å²) >= 11 is 0. The smallest absolute Gasteiger partial charge is 0.253 e. The fourth-order valence-electron chi connectivity index (χ4n) is 2.73. The van der Waals surface area contributed by atoms with E-state index in [1.165, 1.54) is 0 Å². The maximum atomic E-state index is 12.4. The van der Waals surface area contributed by atoms with E-state index in [0.717, 1.165) is 5.56 Å². The summed E-state index contributed by atoms with van der Waals surface area (Å²) in [5.74, 6) is -0.165. The summed E-state index contributed by atoms with van der Waals surface area (Å²) in [5.41, 5.74) is 2.34. The molecule has 2 amide bonds. The van der Waals surface area contributed by atoms with Gasteiger partial charge in [-0.2, -0.15) is 0 Å². The minimum absolute atomic E-state index is 0.0260. The van der Waals surface area contributed by atoms with Crippen molar-refractivity contribution in [2.75, 3.05) is 25.0 Å². The van der Waals surface area contributed by atoms with Crippen molar-refractivity contribution in [2.45, 2.75) is 26.8 Å². The van der Waals surface area contributed by atoms with E-state index < -0.39 is 0 Å². The summed E-state index contributed by atoms with van der Waals surface area (Å²) < 4.78 is 0. The van der Waals surface area contributed by atoms with Gasteiger partial charge in [0.1, 0.15) is 0 Å². The Morgan fingerprint density at radius 1 is 1.00 bits per heavy atom. The summed E-state index contributed by atoms with van der Waals surface area (Å²) in [4.78, 5) is 26.4. The molecule has 2 rings (SSSR count). The van der Waals surface area contributed by atoms with Gasteiger partial charge in [0.15, 0.2) is 0 Å². The van der Waals surface area contributed by atoms with Crippen LogP contribution in [-0.4, -0.2) is 36.3 Å². The van der Waals surface area contributed by atoms with Gasteiger partial charge >= 0.3 is 0 Å². The zero-order valence-corrected chi connectivity index (χ0v) is 15.7. The first-order valence-corrected chi connectivity index (χ1v) is 9.02. The van der Waals surface area contributed by atoms with Gasteiger partial charge in [0.05, 0.1) is 6.54 Å². The molecule has 5 heteroatoms. The number of hydrogen-bond acceptors (Lipinski definition) is 3. The topological polar surface area (TPSA) is 61.4 Å². The predicted molar refractivity (Wildman–Crippen MR) is 105 cm³/mol. The van der Waals surface area contributed by atoms with Gasteiger partial charge in [-0.3, -0.25) is 9.59 Å². The Bertz CT molecular complexity index is 727. The zero-order chi connectivity index (χ0) is 18.9. The molecule has 2 N–H and O–H groups in total. The van der Waals surface area contributed by atoms with Crippen LogP contribution < -0.4 is 10.6 Å². The van der Waals surface area contributed by atoms with E-state index in [0.29, 0.717) is 24.3 Å². The Morgan fingerprint density at radius 3 is 2.35 bits per heavy atom. The first kappa shape index (κ1) is 19.7. The van der Waals surface area contributed by atoms with Crippen molar-refractivity contribution in [3.05, 3.63) is 65.7 Å². The Hall–Kier alpha value is -2.66. The number of nitrogens with one attached hydrogen (secondary N) is 2. The lowest BCUT2D eigenvalue weighted by Gasteiger charge is -2.19. The second kappa shape index (κ2) is 9.73. The highest BCUT2D eigenvalue weighted by atomic mass is 16.2. The van der Waals surface area contributed by atoms with Crippen molar-refractivity contribution in [1.82, 2.24) is 10.2 Å². The molecule has 0 spiro atoms. The number of nitrogens with zero attached hydrogens (tertiary/aromatic N) is 1. The van der Waals surface area contributed by atoms with Crippen LogP contribution in [0.25, 0.3) is 0 Å². The first-order valence-electron chi connectivity index (χ1n) is 9.02. The van der Waals surface area contributed by atoms with Crippen molar-refractivity contribution in [2.24, 2.45) is 0 Å². The minimum atomic E-state index is -0.139. The van der Waals surface area contributed by atoms with Crippen LogP contribution in [-0.2, 0) is 4.79 Å². The van der Waals surface area contributed by atoms with Gasteiger partial charge in [-0.15, -0.1) is 0 Å². The fraction of sp³-hybridized carbons (Fsp3) is 0.333. The van der Waals surface area contributed by atoms with E-state index in [1.807, 2.05) is 51.1 Å². The van der Waals surface area contributed by atoms with E-state index in [4.69, 9.17) is 0 Å². The summed E-state index contributed by atoms with van der Waals surface area (Å²) in [6, 6.07) is 17.1. The normalized spacial score (nSPS) is 11.7. The standard InChI is InChI=1S/C21H27N3O2/c1-4-24(5-2)21(26)18-12-9-13-19(14-18)23-20(25)15-22-16(3)17-10-7-6-8-11-17/h6-14,16,22H,4-5,15H2,1-3H3,(H,23,25)/t16-/m1/s1. The van der Waals surface area contributed by atoms with Crippen LogP contribution in [0.2, 0.25) is 0 Å². The molecule has 26 heavy (non-hydrogen) atoms. The third-order valence-corrected chi connectivity index (χ3v) is 4.31. The lowest BCUT2D eigenvalue weighted by molar-refractivity contribution is -0.115. The monoisotopic (exact) mass is 353 g/mol. The molecule has 0 radical (unpaired) electrons. The van der Waals surface area contributed by atoms with E-state index in [2.05, 4.69) is 10.6 Å². The number of anilines is 1. The number of benzene rings is 2. The maximum absolute atomic E-state index is 12.4. The zero-order valence-electron chi connectivity index (χ0n) is 15.7. The lowest BCUT2D eigenvalue weighted by atomic mass is 10.1. The van der Waals surface area contributed by atoms with Crippen LogP contribution in [0, 0.1) is 0 Å². The van der Waals surface area contributed by atoms with Gasteiger partial charge in [0, 0.05) is 30.4 Å². The molecule has 0 aliphatic heterocycles. The van der Waals surface area contributed by atoms with Gasteiger partial charge in [-0.05, 0) is 44.5 Å². The molecule has 0 fully saturated rings.